The Morgan fingerprint density at radius 3 is 1.33 bits per heavy atom. The van der Waals surface area contributed by atoms with Gasteiger partial charge in [-0.2, -0.15) is 0 Å². The first-order valence-electron chi connectivity index (χ1n) is 11.1. The van der Waals surface area contributed by atoms with Crippen LogP contribution in [-0.4, -0.2) is 22.8 Å². The van der Waals surface area contributed by atoms with Crippen LogP contribution in [0.2, 0.25) is 0 Å². The minimum atomic E-state index is -0.884. The van der Waals surface area contributed by atoms with Gasteiger partial charge in [0, 0.05) is 0 Å². The van der Waals surface area contributed by atoms with Gasteiger partial charge < -0.3 is 19.7 Å². The standard InChI is InChI=1S/C29H28O4/c1-20(30)32-26-15-13-24(28(18-26)22-9-5-3-6-10-22)17-25-14-16-27(33-21(2)31)19-29(25)23-11-7-4-8-12-23/h3-16,18-21,30-31H,17H2,1-2H3. The summed E-state index contributed by atoms with van der Waals surface area (Å²) in [6, 6.07) is 32.2. The molecule has 4 aromatic rings. The maximum Gasteiger partial charge on any atom is 0.194 e. The number of benzene rings is 4. The Hall–Kier alpha value is -3.60. The Balaban J connectivity index is 1.78. The van der Waals surface area contributed by atoms with Crippen molar-refractivity contribution < 1.29 is 19.7 Å². The lowest BCUT2D eigenvalue weighted by Gasteiger charge is -2.17. The summed E-state index contributed by atoms with van der Waals surface area (Å²) >= 11 is 0. The summed E-state index contributed by atoms with van der Waals surface area (Å²) in [5.41, 5.74) is 6.55. The van der Waals surface area contributed by atoms with Gasteiger partial charge >= 0.3 is 0 Å². The predicted molar refractivity (Wildman–Crippen MR) is 131 cm³/mol. The fraction of sp³-hybridized carbons (Fsp3) is 0.172. The van der Waals surface area contributed by atoms with Crippen LogP contribution in [0.3, 0.4) is 0 Å². The summed E-state index contributed by atoms with van der Waals surface area (Å²) in [4.78, 5) is 0. The summed E-state index contributed by atoms with van der Waals surface area (Å²) in [5, 5.41) is 19.3. The Morgan fingerprint density at radius 1 is 0.576 bits per heavy atom. The number of ether oxygens (including phenoxy) is 2. The van der Waals surface area contributed by atoms with E-state index in [1.54, 1.807) is 13.8 Å². The maximum atomic E-state index is 9.67. The Labute approximate surface area is 194 Å². The molecule has 33 heavy (non-hydrogen) atoms. The maximum absolute atomic E-state index is 9.67. The van der Waals surface area contributed by atoms with Crippen LogP contribution in [0, 0.1) is 0 Å². The van der Waals surface area contributed by atoms with Crippen LogP contribution in [-0.2, 0) is 6.42 Å². The van der Waals surface area contributed by atoms with Gasteiger partial charge in [0.25, 0.3) is 0 Å². The van der Waals surface area contributed by atoms with Gasteiger partial charge in [-0.05, 0) is 77.9 Å². The molecule has 0 saturated carbocycles. The molecule has 168 valence electrons. The normalized spacial score (nSPS) is 12.7. The number of aliphatic hydroxyl groups excluding tert-OH is 2. The lowest BCUT2D eigenvalue weighted by Crippen LogP contribution is -2.10. The van der Waals surface area contributed by atoms with Crippen molar-refractivity contribution in [1.82, 2.24) is 0 Å². The van der Waals surface area contributed by atoms with Crippen molar-refractivity contribution in [3.8, 4) is 33.8 Å². The van der Waals surface area contributed by atoms with Crippen molar-refractivity contribution in [2.45, 2.75) is 32.8 Å². The first-order valence-corrected chi connectivity index (χ1v) is 11.1. The molecule has 0 aliphatic carbocycles. The van der Waals surface area contributed by atoms with E-state index in [9.17, 15) is 10.2 Å². The third kappa shape index (κ3) is 5.80. The third-order valence-electron chi connectivity index (χ3n) is 5.33. The average molecular weight is 441 g/mol. The topological polar surface area (TPSA) is 58.9 Å². The van der Waals surface area contributed by atoms with Crippen molar-refractivity contribution in [2.24, 2.45) is 0 Å². The highest BCUT2D eigenvalue weighted by atomic mass is 16.6. The quantitative estimate of drug-likeness (QED) is 0.328. The fourth-order valence-electron chi connectivity index (χ4n) is 3.94. The molecule has 0 heterocycles. The molecule has 4 rings (SSSR count). The molecule has 4 aromatic carbocycles. The lowest BCUT2D eigenvalue weighted by atomic mass is 9.90. The molecule has 0 aromatic heterocycles. The predicted octanol–water partition coefficient (Wildman–Crippen LogP) is 6.05. The SMILES string of the molecule is CC(O)Oc1ccc(Cc2ccc(OC(C)O)cc2-c2ccccc2)c(-c2ccccc2)c1. The zero-order valence-electron chi connectivity index (χ0n) is 18.8. The second-order valence-corrected chi connectivity index (χ2v) is 7.98. The molecule has 0 bridgehead atoms. The molecule has 4 heteroatoms. The molecule has 2 unspecified atom stereocenters. The molecular weight excluding hydrogens is 412 g/mol. The van der Waals surface area contributed by atoms with E-state index in [0.29, 0.717) is 17.9 Å². The van der Waals surface area contributed by atoms with Crippen LogP contribution in [0.4, 0.5) is 0 Å². The molecule has 4 nitrogen and oxygen atoms in total. The molecular formula is C29H28O4. The van der Waals surface area contributed by atoms with E-state index < -0.39 is 12.6 Å². The number of hydrogen-bond donors (Lipinski definition) is 2. The molecule has 0 fully saturated rings. The molecule has 0 amide bonds. The first kappa shape index (κ1) is 22.6. The van der Waals surface area contributed by atoms with Gasteiger partial charge in [-0.25, -0.2) is 0 Å². The van der Waals surface area contributed by atoms with Gasteiger partial charge in [0.05, 0.1) is 0 Å². The Kier molecular flexibility index (Phi) is 7.08. The Morgan fingerprint density at radius 2 is 0.970 bits per heavy atom. The molecule has 0 radical (unpaired) electrons. The average Bonchev–Trinajstić information content (AvgIpc) is 2.81. The summed E-state index contributed by atoms with van der Waals surface area (Å²) in [7, 11) is 0. The molecule has 0 spiro atoms. The number of hydrogen-bond acceptors (Lipinski definition) is 4. The monoisotopic (exact) mass is 440 g/mol. The van der Waals surface area contributed by atoms with E-state index in [-0.39, 0.29) is 0 Å². The molecule has 2 atom stereocenters. The van der Waals surface area contributed by atoms with Crippen LogP contribution in [0.15, 0.2) is 97.1 Å². The minimum Gasteiger partial charge on any atom is -0.465 e. The molecule has 0 aliphatic heterocycles. The van der Waals surface area contributed by atoms with Crippen LogP contribution in [0.5, 0.6) is 11.5 Å². The van der Waals surface area contributed by atoms with Gasteiger partial charge in [-0.3, -0.25) is 0 Å². The van der Waals surface area contributed by atoms with Crippen LogP contribution < -0.4 is 9.47 Å². The fourth-order valence-corrected chi connectivity index (χ4v) is 3.94. The lowest BCUT2D eigenvalue weighted by molar-refractivity contribution is -0.000839. The van der Waals surface area contributed by atoms with Crippen molar-refractivity contribution in [3.63, 3.8) is 0 Å². The van der Waals surface area contributed by atoms with Crippen LogP contribution in [0.1, 0.15) is 25.0 Å². The van der Waals surface area contributed by atoms with Crippen molar-refractivity contribution in [1.29, 1.82) is 0 Å². The van der Waals surface area contributed by atoms with Gasteiger partial charge in [0.1, 0.15) is 11.5 Å². The summed E-state index contributed by atoms with van der Waals surface area (Å²) in [6.07, 6.45) is -1.07. The van der Waals surface area contributed by atoms with Crippen molar-refractivity contribution in [3.05, 3.63) is 108 Å². The highest BCUT2D eigenvalue weighted by Crippen LogP contribution is 2.34. The smallest absolute Gasteiger partial charge is 0.194 e. The van der Waals surface area contributed by atoms with Crippen molar-refractivity contribution >= 4 is 0 Å². The Bertz CT molecular complexity index is 1090. The highest BCUT2D eigenvalue weighted by molar-refractivity contribution is 5.73. The summed E-state index contributed by atoms with van der Waals surface area (Å²) < 4.78 is 11.1. The number of rotatable bonds is 8. The van der Waals surface area contributed by atoms with Gasteiger partial charge in [0.2, 0.25) is 0 Å². The molecule has 0 saturated heterocycles. The summed E-state index contributed by atoms with van der Waals surface area (Å²) in [6.45, 7) is 3.19. The zero-order valence-corrected chi connectivity index (χ0v) is 18.8. The van der Waals surface area contributed by atoms with E-state index in [2.05, 4.69) is 36.4 Å². The summed E-state index contributed by atoms with van der Waals surface area (Å²) in [5.74, 6) is 1.24. The highest BCUT2D eigenvalue weighted by Gasteiger charge is 2.14. The molecule has 2 N–H and O–H groups in total. The van der Waals surface area contributed by atoms with Gasteiger partial charge in [-0.1, -0.05) is 72.8 Å². The minimum absolute atomic E-state index is 0.622. The first-order chi connectivity index (χ1) is 16.0. The van der Waals surface area contributed by atoms with E-state index >= 15 is 0 Å². The van der Waals surface area contributed by atoms with Gasteiger partial charge in [0.15, 0.2) is 12.6 Å². The second kappa shape index (κ2) is 10.3. The largest absolute Gasteiger partial charge is 0.465 e. The number of aliphatic hydroxyl groups is 2. The zero-order chi connectivity index (χ0) is 23.2. The van der Waals surface area contributed by atoms with E-state index in [4.69, 9.17) is 9.47 Å². The second-order valence-electron chi connectivity index (χ2n) is 7.98. The van der Waals surface area contributed by atoms with Crippen molar-refractivity contribution in [2.75, 3.05) is 0 Å². The van der Waals surface area contributed by atoms with Crippen LogP contribution in [0.25, 0.3) is 22.3 Å². The van der Waals surface area contributed by atoms with E-state index in [1.807, 2.05) is 60.7 Å². The molecule has 0 aliphatic rings. The third-order valence-corrected chi connectivity index (χ3v) is 5.33. The van der Waals surface area contributed by atoms with Crippen LogP contribution >= 0.6 is 0 Å². The van der Waals surface area contributed by atoms with E-state index in [0.717, 1.165) is 33.4 Å². The van der Waals surface area contributed by atoms with E-state index in [1.165, 1.54) is 0 Å². The van der Waals surface area contributed by atoms with Gasteiger partial charge in [-0.15, -0.1) is 0 Å².